The third-order valence-electron chi connectivity index (χ3n) is 6.50. The Morgan fingerprint density at radius 1 is 0.596 bits per heavy atom. The van der Waals surface area contributed by atoms with Crippen molar-refractivity contribution in [2.75, 3.05) is 40.3 Å². The van der Waals surface area contributed by atoms with E-state index in [1.54, 1.807) is 0 Å². The molecule has 47 heavy (non-hydrogen) atoms. The number of hydrogen-bond donors (Lipinski definition) is 3. The van der Waals surface area contributed by atoms with Crippen LogP contribution < -0.4 is 5.32 Å². The summed E-state index contributed by atoms with van der Waals surface area (Å²) in [6.45, 7) is -1.43. The lowest BCUT2D eigenvalue weighted by atomic mass is 9.85. The zero-order valence-corrected chi connectivity index (χ0v) is 23.2. The van der Waals surface area contributed by atoms with Gasteiger partial charge >= 0.3 is 65.4 Å². The number of nitrogens with zero attached hydrogens (tertiary/aromatic N) is 1. The molecule has 0 spiro atoms. The maximum Gasteiger partial charge on any atom is 0.460 e. The molecule has 0 aromatic heterocycles. The minimum absolute atomic E-state index is 0.0120. The monoisotopic (exact) mass is 751 g/mol. The van der Waals surface area contributed by atoms with E-state index in [1.165, 1.54) is 14.1 Å². The van der Waals surface area contributed by atoms with Gasteiger partial charge in [0, 0.05) is 25.9 Å². The first-order valence-electron chi connectivity index (χ1n) is 12.2. The van der Waals surface area contributed by atoms with E-state index in [2.05, 4.69) is 5.32 Å². The van der Waals surface area contributed by atoms with Gasteiger partial charge < -0.3 is 20.0 Å². The van der Waals surface area contributed by atoms with Crippen LogP contribution in [-0.2, 0) is 4.79 Å². The molecular formula is C21H24F21N2O3+. The summed E-state index contributed by atoms with van der Waals surface area (Å²) in [5.41, 5.74) is 0. The number of halogens is 21. The number of aliphatic hydroxyl groups excluding tert-OH is 1. The molecule has 26 heteroatoms. The summed E-state index contributed by atoms with van der Waals surface area (Å²) in [4.78, 5) is 10.6. The average molecular weight is 751 g/mol. The molecule has 0 saturated carbocycles. The van der Waals surface area contributed by atoms with Crippen molar-refractivity contribution in [2.24, 2.45) is 0 Å². The Morgan fingerprint density at radius 3 is 1.28 bits per heavy atom. The molecule has 0 rings (SSSR count). The number of rotatable bonds is 19. The molecule has 0 amide bonds. The third-order valence-corrected chi connectivity index (χ3v) is 6.50. The largest absolute Gasteiger partial charge is 0.481 e. The van der Waals surface area contributed by atoms with Crippen LogP contribution in [0.15, 0.2) is 0 Å². The van der Waals surface area contributed by atoms with Gasteiger partial charge in [0.25, 0.3) is 0 Å². The maximum absolute atomic E-state index is 14.0. The second-order valence-electron chi connectivity index (χ2n) is 10.7. The van der Waals surface area contributed by atoms with E-state index in [0.29, 0.717) is 0 Å². The predicted molar refractivity (Wildman–Crippen MR) is 113 cm³/mol. The van der Waals surface area contributed by atoms with Gasteiger partial charge in [-0.3, -0.25) is 4.79 Å². The fourth-order valence-corrected chi connectivity index (χ4v) is 3.50. The highest BCUT2D eigenvalue weighted by molar-refractivity contribution is 5.66. The molecule has 0 aliphatic heterocycles. The molecule has 0 bridgehead atoms. The van der Waals surface area contributed by atoms with Gasteiger partial charge in [0.1, 0.15) is 0 Å². The number of hydrogen-bond acceptors (Lipinski definition) is 3. The molecule has 1 atom stereocenters. The van der Waals surface area contributed by atoms with E-state index in [4.69, 9.17) is 5.11 Å². The van der Waals surface area contributed by atoms with E-state index in [1.807, 2.05) is 0 Å². The molecule has 5 nitrogen and oxygen atoms in total. The smallest absolute Gasteiger partial charge is 0.460 e. The zero-order chi connectivity index (χ0) is 38.3. The van der Waals surface area contributed by atoms with Crippen LogP contribution in [0.5, 0.6) is 0 Å². The Hall–Kier alpha value is -2.12. The summed E-state index contributed by atoms with van der Waals surface area (Å²) in [6.07, 6.45) is -14.4. The van der Waals surface area contributed by atoms with Crippen LogP contribution in [0, 0.1) is 0 Å². The molecular weight excluding hydrogens is 727 g/mol. The van der Waals surface area contributed by atoms with Crippen molar-refractivity contribution in [1.29, 1.82) is 0 Å². The first-order valence-corrected chi connectivity index (χ1v) is 12.2. The average Bonchev–Trinajstić information content (AvgIpc) is 2.85. The number of aliphatic carboxylic acids is 1. The minimum Gasteiger partial charge on any atom is -0.481 e. The summed E-state index contributed by atoms with van der Waals surface area (Å²) in [5.74, 6) is -78.9. The standard InChI is InChI=1S/C21H23F21N2O3/c1-44(2,7-4-11(46)47)6-3-5-43-9-10(45)8-12(22,23)13(24,25)14(26,27)15(28,29)16(30,31)17(32,33)18(34,35)19(36,37)20(38,39)21(40,41)42/h10,43,45H,3-9H2,1-2H3/p+1. The number of aliphatic hydroxyl groups is 1. The number of carboxylic acids is 1. The number of alkyl halides is 21. The van der Waals surface area contributed by atoms with Crippen molar-refractivity contribution >= 4 is 5.97 Å². The van der Waals surface area contributed by atoms with E-state index in [9.17, 15) is 102 Å². The predicted octanol–water partition coefficient (Wildman–Crippen LogP) is 6.55. The number of nitrogens with one attached hydrogen (secondary N) is 1. The minimum atomic E-state index is -9.24. The van der Waals surface area contributed by atoms with Gasteiger partial charge in [-0.15, -0.1) is 0 Å². The molecule has 0 aliphatic rings. The third kappa shape index (κ3) is 7.87. The normalized spacial score (nSPS) is 16.4. The van der Waals surface area contributed by atoms with Crippen LogP contribution in [0.3, 0.4) is 0 Å². The van der Waals surface area contributed by atoms with Crippen LogP contribution in [0.1, 0.15) is 19.3 Å². The Bertz CT molecular complexity index is 1070. The Labute approximate surface area is 249 Å². The summed E-state index contributed by atoms with van der Waals surface area (Å²) >= 11 is 0. The SMILES string of the molecule is C[N+](C)(CCCNCC(O)CC(F)(F)C(F)(F)C(F)(F)C(F)(F)C(F)(F)C(F)(F)C(F)(F)C(F)(F)C(F)(F)C(F)(F)F)CCC(=O)O. The molecule has 0 aromatic carbocycles. The summed E-state index contributed by atoms with van der Waals surface area (Å²) in [7, 11) is 3.03. The van der Waals surface area contributed by atoms with Crippen molar-refractivity contribution < 1.29 is 112 Å². The van der Waals surface area contributed by atoms with Crippen LogP contribution >= 0.6 is 0 Å². The van der Waals surface area contributed by atoms with E-state index in [-0.39, 0.29) is 37.0 Å². The number of quaternary nitrogens is 1. The fraction of sp³-hybridized carbons (Fsp3) is 0.952. The van der Waals surface area contributed by atoms with Gasteiger partial charge in [0.15, 0.2) is 0 Å². The first kappa shape index (κ1) is 44.9. The molecule has 0 heterocycles. The van der Waals surface area contributed by atoms with Crippen molar-refractivity contribution in [2.45, 2.75) is 84.8 Å². The highest BCUT2D eigenvalue weighted by atomic mass is 19.4. The number of carbonyl (C=O) groups is 1. The van der Waals surface area contributed by atoms with Gasteiger partial charge in [-0.25, -0.2) is 0 Å². The summed E-state index contributed by atoms with van der Waals surface area (Å²) in [5, 5.41) is 20.2. The molecule has 0 fully saturated rings. The van der Waals surface area contributed by atoms with Gasteiger partial charge in [-0.2, -0.15) is 92.2 Å². The van der Waals surface area contributed by atoms with E-state index in [0.717, 1.165) is 0 Å². The zero-order valence-electron chi connectivity index (χ0n) is 23.2. The highest BCUT2D eigenvalue weighted by Gasteiger charge is 2.97. The van der Waals surface area contributed by atoms with Crippen molar-refractivity contribution in [3.05, 3.63) is 0 Å². The van der Waals surface area contributed by atoms with Gasteiger partial charge in [-0.05, 0) is 0 Å². The quantitative estimate of drug-likeness (QED) is 0.0797. The molecule has 0 aromatic rings. The van der Waals surface area contributed by atoms with Crippen LogP contribution in [0.4, 0.5) is 92.2 Å². The summed E-state index contributed by atoms with van der Waals surface area (Å²) < 4.78 is 282. The molecule has 0 saturated heterocycles. The molecule has 1 unspecified atom stereocenters. The molecule has 0 radical (unpaired) electrons. The second kappa shape index (κ2) is 13.3. The maximum atomic E-state index is 14.0. The summed E-state index contributed by atoms with van der Waals surface area (Å²) in [6, 6.07) is 0. The van der Waals surface area contributed by atoms with Crippen LogP contribution in [0.25, 0.3) is 0 Å². The fourth-order valence-electron chi connectivity index (χ4n) is 3.50. The molecule has 282 valence electrons. The van der Waals surface area contributed by atoms with Crippen LogP contribution in [-0.4, -0.2) is 127 Å². The van der Waals surface area contributed by atoms with Crippen molar-refractivity contribution in [1.82, 2.24) is 5.32 Å². The Morgan fingerprint density at radius 2 is 0.936 bits per heavy atom. The van der Waals surface area contributed by atoms with E-state index < -0.39 is 84.5 Å². The number of carboxylic acid groups (broad SMARTS) is 1. The second-order valence-corrected chi connectivity index (χ2v) is 10.7. The lowest BCUT2D eigenvalue weighted by Crippen LogP contribution is -2.76. The topological polar surface area (TPSA) is 69.6 Å². The van der Waals surface area contributed by atoms with Crippen molar-refractivity contribution in [3.63, 3.8) is 0 Å². The first-order chi connectivity index (χ1) is 20.3. The highest BCUT2D eigenvalue weighted by Crippen LogP contribution is 2.66. The Kier molecular flexibility index (Phi) is 12.7. The molecule has 0 aliphatic carbocycles. The van der Waals surface area contributed by atoms with E-state index >= 15 is 0 Å². The van der Waals surface area contributed by atoms with Crippen LogP contribution in [0.2, 0.25) is 0 Å². The van der Waals surface area contributed by atoms with Gasteiger partial charge in [0.2, 0.25) is 0 Å². The van der Waals surface area contributed by atoms with Crippen molar-refractivity contribution in [3.8, 4) is 0 Å². The van der Waals surface area contributed by atoms with Gasteiger partial charge in [0.05, 0.1) is 39.7 Å². The lowest BCUT2D eigenvalue weighted by molar-refractivity contribution is -0.889. The molecule has 3 N–H and O–H groups in total. The Balaban J connectivity index is 6.15. The van der Waals surface area contributed by atoms with Gasteiger partial charge in [-0.1, -0.05) is 0 Å². The lowest BCUT2D eigenvalue weighted by Gasteiger charge is -2.44.